The minimum absolute atomic E-state index is 0.0572. The van der Waals surface area contributed by atoms with Crippen molar-refractivity contribution in [1.29, 1.82) is 0 Å². The van der Waals surface area contributed by atoms with E-state index in [2.05, 4.69) is 10.3 Å². The van der Waals surface area contributed by atoms with Crippen molar-refractivity contribution in [2.45, 2.75) is 78.3 Å². The van der Waals surface area contributed by atoms with Crippen molar-refractivity contribution < 1.29 is 14.3 Å². The fourth-order valence-electron chi connectivity index (χ4n) is 3.05. The molecular formula is C17H30N4O3. The summed E-state index contributed by atoms with van der Waals surface area (Å²) in [5.74, 6) is 0.0572. The van der Waals surface area contributed by atoms with E-state index in [0.29, 0.717) is 6.61 Å². The maximum absolute atomic E-state index is 12.7. The highest BCUT2D eigenvalue weighted by Gasteiger charge is 2.27. The zero-order chi connectivity index (χ0) is 17.7. The van der Waals surface area contributed by atoms with Gasteiger partial charge in [0.2, 0.25) is 5.91 Å². The molecule has 0 aromatic carbocycles. The summed E-state index contributed by atoms with van der Waals surface area (Å²) < 4.78 is 12.8. The van der Waals surface area contributed by atoms with Crippen molar-refractivity contribution in [3.8, 4) is 0 Å². The number of rotatable bonds is 7. The van der Waals surface area contributed by atoms with Gasteiger partial charge in [0.05, 0.1) is 18.9 Å². The molecule has 1 aromatic heterocycles. The van der Waals surface area contributed by atoms with Crippen LogP contribution in [0, 0.1) is 0 Å². The third-order valence-corrected chi connectivity index (χ3v) is 4.31. The normalized spacial score (nSPS) is 17.5. The molecule has 1 saturated heterocycles. The highest BCUT2D eigenvalue weighted by molar-refractivity contribution is 5.80. The first-order valence-electron chi connectivity index (χ1n) is 8.82. The van der Waals surface area contributed by atoms with Gasteiger partial charge in [0.25, 0.3) is 0 Å². The molecule has 0 N–H and O–H groups in total. The van der Waals surface area contributed by atoms with Crippen LogP contribution in [0.25, 0.3) is 0 Å². The van der Waals surface area contributed by atoms with E-state index in [1.807, 2.05) is 39.5 Å². The van der Waals surface area contributed by atoms with Crippen LogP contribution in [0.5, 0.6) is 0 Å². The van der Waals surface area contributed by atoms with E-state index in [0.717, 1.165) is 31.7 Å². The van der Waals surface area contributed by atoms with Crippen LogP contribution >= 0.6 is 0 Å². The lowest BCUT2D eigenvalue weighted by atomic mass is 10.1. The fraction of sp³-hybridized carbons (Fsp3) is 0.824. The first kappa shape index (κ1) is 18.9. The van der Waals surface area contributed by atoms with Crippen LogP contribution in [0.3, 0.4) is 0 Å². The lowest BCUT2D eigenvalue weighted by molar-refractivity contribution is -0.138. The number of ether oxygens (including phenoxy) is 2. The predicted octanol–water partition coefficient (Wildman–Crippen LogP) is 2.18. The van der Waals surface area contributed by atoms with E-state index in [1.54, 1.807) is 10.9 Å². The molecule has 2 heterocycles. The molecule has 136 valence electrons. The Morgan fingerprint density at radius 3 is 2.50 bits per heavy atom. The molecule has 0 saturated carbocycles. The Balaban J connectivity index is 1.94. The maximum Gasteiger partial charge on any atom is 0.247 e. The summed E-state index contributed by atoms with van der Waals surface area (Å²) in [6, 6.07) is -0.0706. The summed E-state index contributed by atoms with van der Waals surface area (Å²) in [7, 11) is 0. The summed E-state index contributed by atoms with van der Waals surface area (Å²) in [5, 5.41) is 8.26. The van der Waals surface area contributed by atoms with E-state index < -0.39 is 0 Å². The molecule has 7 heteroatoms. The van der Waals surface area contributed by atoms with Crippen molar-refractivity contribution in [3.05, 3.63) is 11.9 Å². The molecule has 0 radical (unpaired) electrons. The molecule has 1 unspecified atom stereocenters. The van der Waals surface area contributed by atoms with Crippen LogP contribution in [-0.4, -0.2) is 57.2 Å². The number of aromatic nitrogens is 3. The summed E-state index contributed by atoms with van der Waals surface area (Å²) in [6.45, 7) is 11.9. The maximum atomic E-state index is 12.7. The molecule has 2 rings (SSSR count). The van der Waals surface area contributed by atoms with E-state index in [-0.39, 0.29) is 30.1 Å². The van der Waals surface area contributed by atoms with Crippen LogP contribution in [0.15, 0.2) is 6.20 Å². The van der Waals surface area contributed by atoms with Crippen LogP contribution < -0.4 is 0 Å². The van der Waals surface area contributed by atoms with Gasteiger partial charge in [0.1, 0.15) is 11.7 Å². The molecule has 0 bridgehead atoms. The molecule has 1 aliphatic heterocycles. The second-order valence-corrected chi connectivity index (χ2v) is 6.92. The second-order valence-electron chi connectivity index (χ2n) is 6.92. The van der Waals surface area contributed by atoms with E-state index >= 15 is 0 Å². The molecule has 1 atom stereocenters. The van der Waals surface area contributed by atoms with Gasteiger partial charge in [0, 0.05) is 25.3 Å². The smallest absolute Gasteiger partial charge is 0.247 e. The molecule has 0 aliphatic carbocycles. The van der Waals surface area contributed by atoms with Crippen molar-refractivity contribution in [2.24, 2.45) is 0 Å². The topological polar surface area (TPSA) is 69.5 Å². The number of hydrogen-bond donors (Lipinski definition) is 0. The number of carbonyl (C=O) groups is 1. The van der Waals surface area contributed by atoms with Gasteiger partial charge in [0.15, 0.2) is 0 Å². The van der Waals surface area contributed by atoms with Crippen molar-refractivity contribution in [1.82, 2.24) is 19.9 Å². The van der Waals surface area contributed by atoms with Gasteiger partial charge in [-0.15, -0.1) is 5.10 Å². The second kappa shape index (κ2) is 8.58. The number of carbonyl (C=O) groups excluding carboxylic acids is 1. The zero-order valence-corrected chi connectivity index (χ0v) is 15.4. The standard InChI is InChI=1S/C17H30N4O3/c1-12(2)21(13(3)4)17(22)14(5)20-10-15(18-19-20)11-24-16-6-8-23-9-7-16/h10,12-14,16H,6-9,11H2,1-5H3. The van der Waals surface area contributed by atoms with Crippen LogP contribution in [0.4, 0.5) is 0 Å². The summed E-state index contributed by atoms with van der Waals surface area (Å²) in [4.78, 5) is 14.6. The molecule has 24 heavy (non-hydrogen) atoms. The predicted molar refractivity (Wildman–Crippen MR) is 90.5 cm³/mol. The molecule has 0 spiro atoms. The first-order chi connectivity index (χ1) is 11.4. The summed E-state index contributed by atoms with van der Waals surface area (Å²) in [6.07, 6.45) is 3.86. The fourth-order valence-corrected chi connectivity index (χ4v) is 3.05. The number of amides is 1. The SMILES string of the molecule is CC(C)N(C(=O)C(C)n1cc(COC2CCOCC2)nn1)C(C)C. The molecule has 1 fully saturated rings. The molecule has 1 amide bonds. The third-order valence-electron chi connectivity index (χ3n) is 4.31. The van der Waals surface area contributed by atoms with Crippen LogP contribution in [0.1, 0.15) is 59.2 Å². The average Bonchev–Trinajstić information content (AvgIpc) is 3.01. The number of nitrogens with zero attached hydrogens (tertiary/aromatic N) is 4. The van der Waals surface area contributed by atoms with E-state index in [1.165, 1.54) is 0 Å². The highest BCUT2D eigenvalue weighted by Crippen LogP contribution is 2.16. The summed E-state index contributed by atoms with van der Waals surface area (Å²) >= 11 is 0. The van der Waals surface area contributed by atoms with Gasteiger partial charge in [-0.05, 0) is 47.5 Å². The Hall–Kier alpha value is -1.47. The summed E-state index contributed by atoms with van der Waals surface area (Å²) in [5.41, 5.74) is 0.752. The van der Waals surface area contributed by atoms with Gasteiger partial charge < -0.3 is 14.4 Å². The molecule has 7 nitrogen and oxygen atoms in total. The minimum Gasteiger partial charge on any atom is -0.381 e. The van der Waals surface area contributed by atoms with Crippen LogP contribution in [0.2, 0.25) is 0 Å². The van der Waals surface area contributed by atoms with Crippen LogP contribution in [-0.2, 0) is 20.9 Å². The van der Waals surface area contributed by atoms with Crippen molar-refractivity contribution in [2.75, 3.05) is 13.2 Å². The lowest BCUT2D eigenvalue weighted by Gasteiger charge is -2.32. The Morgan fingerprint density at radius 2 is 1.92 bits per heavy atom. The van der Waals surface area contributed by atoms with Gasteiger partial charge in [-0.1, -0.05) is 5.21 Å². The van der Waals surface area contributed by atoms with Gasteiger partial charge in [-0.3, -0.25) is 4.79 Å². The van der Waals surface area contributed by atoms with E-state index in [4.69, 9.17) is 9.47 Å². The Bertz CT molecular complexity index is 516. The third kappa shape index (κ3) is 4.77. The molecule has 1 aromatic rings. The van der Waals surface area contributed by atoms with Crippen molar-refractivity contribution >= 4 is 5.91 Å². The molecular weight excluding hydrogens is 308 g/mol. The Morgan fingerprint density at radius 1 is 1.29 bits per heavy atom. The minimum atomic E-state index is -0.376. The van der Waals surface area contributed by atoms with Crippen molar-refractivity contribution in [3.63, 3.8) is 0 Å². The monoisotopic (exact) mass is 338 g/mol. The van der Waals surface area contributed by atoms with Gasteiger partial charge >= 0.3 is 0 Å². The first-order valence-corrected chi connectivity index (χ1v) is 8.82. The quantitative estimate of drug-likeness (QED) is 0.762. The van der Waals surface area contributed by atoms with Gasteiger partial charge in [-0.25, -0.2) is 4.68 Å². The Kier molecular flexibility index (Phi) is 6.74. The average molecular weight is 338 g/mol. The highest BCUT2D eigenvalue weighted by atomic mass is 16.5. The van der Waals surface area contributed by atoms with E-state index in [9.17, 15) is 4.79 Å². The Labute approximate surface area is 144 Å². The van der Waals surface area contributed by atoms with Gasteiger partial charge in [-0.2, -0.15) is 0 Å². The lowest BCUT2D eigenvalue weighted by Crippen LogP contribution is -2.45. The molecule has 1 aliphatic rings. The zero-order valence-electron chi connectivity index (χ0n) is 15.4. The number of hydrogen-bond acceptors (Lipinski definition) is 5. The largest absolute Gasteiger partial charge is 0.381 e.